The van der Waals surface area contributed by atoms with E-state index in [1.807, 2.05) is 12.1 Å². The molecule has 8 heteroatoms. The third-order valence-corrected chi connectivity index (χ3v) is 4.74. The van der Waals surface area contributed by atoms with E-state index in [0.717, 1.165) is 17.8 Å². The molecule has 0 aliphatic carbocycles. The van der Waals surface area contributed by atoms with Gasteiger partial charge in [-0.2, -0.15) is 13.2 Å². The van der Waals surface area contributed by atoms with Gasteiger partial charge in [-0.1, -0.05) is 47.5 Å². The zero-order valence-corrected chi connectivity index (χ0v) is 15.2. The smallest absolute Gasteiger partial charge is 0.271 e. The van der Waals surface area contributed by atoms with Gasteiger partial charge in [0.15, 0.2) is 0 Å². The molecule has 0 bridgehead atoms. The molecule has 25 heavy (non-hydrogen) atoms. The molecule has 0 fully saturated rings. The fraction of sp³-hybridized carbons (Fsp3) is 0.176. The maximum absolute atomic E-state index is 12.7. The minimum absolute atomic E-state index is 0.0433. The van der Waals surface area contributed by atoms with E-state index in [1.165, 1.54) is 11.8 Å². The van der Waals surface area contributed by atoms with Crippen LogP contribution in [0.5, 0.6) is 0 Å². The van der Waals surface area contributed by atoms with E-state index in [0.29, 0.717) is 15.8 Å². The summed E-state index contributed by atoms with van der Waals surface area (Å²) in [5.41, 5.74) is 0.107. The van der Waals surface area contributed by atoms with E-state index >= 15 is 0 Å². The number of thioether (sulfide) groups is 1. The Bertz CT molecular complexity index is 792. The van der Waals surface area contributed by atoms with E-state index in [2.05, 4.69) is 16.6 Å². The molecule has 2 nitrogen and oxygen atoms in total. The van der Waals surface area contributed by atoms with Crippen molar-refractivity contribution in [1.29, 1.82) is 0 Å². The van der Waals surface area contributed by atoms with Gasteiger partial charge in [0, 0.05) is 17.5 Å². The van der Waals surface area contributed by atoms with Gasteiger partial charge in [0.25, 0.3) is 0 Å². The maximum Gasteiger partial charge on any atom is 0.417 e. The Morgan fingerprint density at radius 3 is 2.56 bits per heavy atom. The van der Waals surface area contributed by atoms with Crippen molar-refractivity contribution in [2.45, 2.75) is 12.7 Å². The Morgan fingerprint density at radius 1 is 1.24 bits per heavy atom. The summed E-state index contributed by atoms with van der Waals surface area (Å²) in [6.07, 6.45) is -2.01. The van der Waals surface area contributed by atoms with Crippen LogP contribution >= 0.6 is 35.0 Å². The van der Waals surface area contributed by atoms with Crippen LogP contribution in [0, 0.1) is 0 Å². The molecule has 132 valence electrons. The van der Waals surface area contributed by atoms with Crippen molar-refractivity contribution in [1.82, 2.24) is 4.98 Å². The summed E-state index contributed by atoms with van der Waals surface area (Å²) in [5, 5.41) is 1.10. The van der Waals surface area contributed by atoms with Crippen molar-refractivity contribution in [3.63, 3.8) is 0 Å². The van der Waals surface area contributed by atoms with Crippen LogP contribution in [-0.2, 0) is 12.7 Å². The number of nitrogens with zero attached hydrogens (tertiary/aromatic N) is 2. The first-order chi connectivity index (χ1) is 11.8. The molecule has 0 aliphatic rings. The second-order valence-electron chi connectivity index (χ2n) is 4.85. The van der Waals surface area contributed by atoms with E-state index < -0.39 is 11.7 Å². The standard InChI is InChI=1S/C17H13Cl2F3N2S/c1-2-7-25-16(12-5-3-4-6-13(12)18)24-10-15-14(19)8-11(9-23-15)17(20,21)22/h2-6,8-9H,1,7,10H2. The third kappa shape index (κ3) is 5.49. The van der Waals surface area contributed by atoms with Crippen LogP contribution in [0.15, 0.2) is 54.2 Å². The van der Waals surface area contributed by atoms with Gasteiger partial charge in [-0.15, -0.1) is 18.3 Å². The summed E-state index contributed by atoms with van der Waals surface area (Å²) in [6, 6.07) is 8.04. The summed E-state index contributed by atoms with van der Waals surface area (Å²) >= 11 is 13.5. The number of hydrogen-bond donors (Lipinski definition) is 0. The van der Waals surface area contributed by atoms with Crippen LogP contribution in [-0.4, -0.2) is 15.8 Å². The monoisotopic (exact) mass is 404 g/mol. The van der Waals surface area contributed by atoms with Crippen LogP contribution < -0.4 is 0 Å². The predicted molar refractivity (Wildman–Crippen MR) is 98.6 cm³/mol. The number of hydrogen-bond acceptors (Lipinski definition) is 3. The Labute approximate surface area is 157 Å². The van der Waals surface area contributed by atoms with E-state index in [-0.39, 0.29) is 17.3 Å². The largest absolute Gasteiger partial charge is 0.417 e. The first-order valence-corrected chi connectivity index (χ1v) is 8.81. The van der Waals surface area contributed by atoms with Gasteiger partial charge in [-0.3, -0.25) is 9.98 Å². The van der Waals surface area contributed by atoms with E-state index in [4.69, 9.17) is 23.2 Å². The van der Waals surface area contributed by atoms with Crippen molar-refractivity contribution >= 4 is 40.0 Å². The van der Waals surface area contributed by atoms with Crippen LogP contribution in [0.4, 0.5) is 13.2 Å². The SMILES string of the molecule is C=CCSC(=NCc1ncc(C(F)(F)F)cc1Cl)c1ccccc1Cl. The van der Waals surface area contributed by atoms with Gasteiger partial charge >= 0.3 is 6.18 Å². The summed E-state index contributed by atoms with van der Waals surface area (Å²) in [7, 11) is 0. The van der Waals surface area contributed by atoms with Crippen molar-refractivity contribution in [2.75, 3.05) is 5.75 Å². The molecule has 0 radical (unpaired) electrons. The lowest BCUT2D eigenvalue weighted by molar-refractivity contribution is -0.137. The number of aromatic nitrogens is 1. The first kappa shape index (κ1) is 19.8. The Balaban J connectivity index is 2.29. The summed E-state index contributed by atoms with van der Waals surface area (Å²) in [5.74, 6) is 0.609. The maximum atomic E-state index is 12.7. The van der Waals surface area contributed by atoms with E-state index in [9.17, 15) is 13.2 Å². The summed E-state index contributed by atoms with van der Waals surface area (Å²) in [4.78, 5) is 8.23. The molecule has 0 atom stereocenters. The molecule has 0 aliphatic heterocycles. The van der Waals surface area contributed by atoms with Gasteiger partial charge in [-0.05, 0) is 12.1 Å². The normalized spacial score (nSPS) is 12.3. The van der Waals surface area contributed by atoms with Gasteiger partial charge in [0.05, 0.1) is 32.9 Å². The molecule has 0 saturated carbocycles. The molecular formula is C17H13Cl2F3N2S. The molecule has 0 N–H and O–H groups in total. The Morgan fingerprint density at radius 2 is 1.96 bits per heavy atom. The van der Waals surface area contributed by atoms with Gasteiger partial charge in [0.2, 0.25) is 0 Å². The minimum atomic E-state index is -4.49. The third-order valence-electron chi connectivity index (χ3n) is 3.06. The predicted octanol–water partition coefficient (Wildman–Crippen LogP) is 6.27. The molecule has 1 aromatic carbocycles. The number of benzene rings is 1. The average molecular weight is 405 g/mol. The number of alkyl halides is 3. The van der Waals surface area contributed by atoms with Crippen LogP contribution in [0.1, 0.15) is 16.8 Å². The number of aliphatic imine (C=N–C) groups is 1. The van der Waals surface area contributed by atoms with Crippen molar-refractivity contribution in [3.05, 3.63) is 76.0 Å². The molecule has 0 spiro atoms. The number of rotatable bonds is 5. The zero-order chi connectivity index (χ0) is 18.4. The lowest BCUT2D eigenvalue weighted by Crippen LogP contribution is -2.07. The summed E-state index contributed by atoms with van der Waals surface area (Å²) < 4.78 is 38.0. The molecule has 0 amide bonds. The second-order valence-corrected chi connectivity index (χ2v) is 6.67. The Hall–Kier alpha value is -1.50. The molecule has 2 aromatic rings. The van der Waals surface area contributed by atoms with E-state index in [1.54, 1.807) is 18.2 Å². The van der Waals surface area contributed by atoms with Crippen molar-refractivity contribution in [2.24, 2.45) is 4.99 Å². The van der Waals surface area contributed by atoms with Gasteiger partial charge < -0.3 is 0 Å². The van der Waals surface area contributed by atoms with Gasteiger partial charge in [0.1, 0.15) is 0 Å². The van der Waals surface area contributed by atoms with Crippen LogP contribution in [0.3, 0.4) is 0 Å². The second kappa shape index (κ2) is 8.74. The number of pyridine rings is 1. The first-order valence-electron chi connectivity index (χ1n) is 7.07. The topological polar surface area (TPSA) is 25.2 Å². The highest BCUT2D eigenvalue weighted by atomic mass is 35.5. The van der Waals surface area contributed by atoms with Crippen LogP contribution in [0.2, 0.25) is 10.0 Å². The van der Waals surface area contributed by atoms with Crippen molar-refractivity contribution < 1.29 is 13.2 Å². The molecule has 1 aromatic heterocycles. The number of halogens is 5. The minimum Gasteiger partial charge on any atom is -0.271 e. The summed E-state index contributed by atoms with van der Waals surface area (Å²) in [6.45, 7) is 3.71. The quantitative estimate of drug-likeness (QED) is 0.333. The fourth-order valence-corrected chi connectivity index (χ4v) is 3.14. The lowest BCUT2D eigenvalue weighted by Gasteiger charge is -2.10. The molecule has 2 rings (SSSR count). The highest BCUT2D eigenvalue weighted by Crippen LogP contribution is 2.31. The molecule has 0 saturated heterocycles. The Kier molecular flexibility index (Phi) is 6.93. The molecule has 0 unspecified atom stereocenters. The molecule has 1 heterocycles. The van der Waals surface area contributed by atoms with Crippen LogP contribution in [0.25, 0.3) is 0 Å². The highest BCUT2D eigenvalue weighted by Gasteiger charge is 2.31. The highest BCUT2D eigenvalue weighted by molar-refractivity contribution is 8.14. The fourth-order valence-electron chi connectivity index (χ4n) is 1.87. The van der Waals surface area contributed by atoms with Gasteiger partial charge in [-0.25, -0.2) is 0 Å². The molecular weight excluding hydrogens is 392 g/mol. The van der Waals surface area contributed by atoms with Crippen molar-refractivity contribution in [3.8, 4) is 0 Å². The lowest BCUT2D eigenvalue weighted by atomic mass is 10.2. The average Bonchev–Trinajstić information content (AvgIpc) is 2.56. The zero-order valence-electron chi connectivity index (χ0n) is 12.9.